The second kappa shape index (κ2) is 3.23. The van der Waals surface area contributed by atoms with Crippen molar-refractivity contribution in [3.05, 3.63) is 0 Å². The maximum atomic E-state index is 11.1. The number of aliphatic hydroxyl groups is 2. The van der Waals surface area contributed by atoms with Gasteiger partial charge in [-0.3, -0.25) is 0 Å². The Hall–Kier alpha value is -0.0800. The molecule has 2 N–H and O–H groups in total. The Labute approximate surface area is 99.1 Å². The molecule has 5 atom stereocenters. The maximum Gasteiger partial charge on any atom is 0.0758 e. The van der Waals surface area contributed by atoms with E-state index in [0.29, 0.717) is 5.92 Å². The lowest BCUT2D eigenvalue weighted by atomic mass is 9.60. The minimum atomic E-state index is -0.687. The molecular weight excluding hydrogens is 200 g/mol. The SMILES string of the molecule is CC(O)C(C)C1(O)CC2CCC1(C)C2(C)C. The van der Waals surface area contributed by atoms with Crippen molar-refractivity contribution in [3.8, 4) is 0 Å². The molecule has 2 aliphatic rings. The molecule has 0 radical (unpaired) electrons. The van der Waals surface area contributed by atoms with E-state index in [1.54, 1.807) is 6.92 Å². The van der Waals surface area contributed by atoms with Crippen LogP contribution in [0, 0.1) is 22.7 Å². The molecule has 5 unspecified atom stereocenters. The fourth-order valence-corrected chi connectivity index (χ4v) is 4.42. The standard InChI is InChI=1S/C14H26O2/c1-9(10(2)15)14(16)8-11-6-7-13(14,5)12(11,3)4/h9-11,15-16H,6-8H2,1-5H3. The summed E-state index contributed by atoms with van der Waals surface area (Å²) in [5.74, 6) is 0.575. The highest BCUT2D eigenvalue weighted by Gasteiger charge is 2.69. The topological polar surface area (TPSA) is 40.5 Å². The molecule has 0 aromatic carbocycles. The Morgan fingerprint density at radius 3 is 2.06 bits per heavy atom. The van der Waals surface area contributed by atoms with E-state index in [9.17, 15) is 10.2 Å². The van der Waals surface area contributed by atoms with Crippen LogP contribution in [0.4, 0.5) is 0 Å². The normalized spacial score (nSPS) is 49.3. The van der Waals surface area contributed by atoms with E-state index in [4.69, 9.17) is 0 Å². The van der Waals surface area contributed by atoms with Crippen molar-refractivity contribution in [2.45, 2.75) is 65.6 Å². The second-order valence-corrected chi connectivity index (χ2v) is 6.95. The molecule has 0 amide bonds. The smallest absolute Gasteiger partial charge is 0.0758 e. The molecular formula is C14H26O2. The summed E-state index contributed by atoms with van der Waals surface area (Å²) in [5.41, 5.74) is -0.528. The van der Waals surface area contributed by atoms with Crippen LogP contribution in [-0.4, -0.2) is 21.9 Å². The average molecular weight is 226 g/mol. The quantitative estimate of drug-likeness (QED) is 0.760. The molecule has 0 heterocycles. The van der Waals surface area contributed by atoms with Crippen molar-refractivity contribution in [1.82, 2.24) is 0 Å². The summed E-state index contributed by atoms with van der Waals surface area (Å²) >= 11 is 0. The van der Waals surface area contributed by atoms with E-state index in [-0.39, 0.29) is 16.7 Å². The first-order chi connectivity index (χ1) is 7.17. The van der Waals surface area contributed by atoms with Gasteiger partial charge in [0.2, 0.25) is 0 Å². The molecule has 0 saturated heterocycles. The van der Waals surface area contributed by atoms with Crippen LogP contribution in [0.25, 0.3) is 0 Å². The largest absolute Gasteiger partial charge is 0.393 e. The molecule has 2 nitrogen and oxygen atoms in total. The van der Waals surface area contributed by atoms with Crippen molar-refractivity contribution in [3.63, 3.8) is 0 Å². The van der Waals surface area contributed by atoms with Gasteiger partial charge in [-0.1, -0.05) is 27.7 Å². The van der Waals surface area contributed by atoms with Crippen molar-refractivity contribution < 1.29 is 10.2 Å². The van der Waals surface area contributed by atoms with Gasteiger partial charge in [0.1, 0.15) is 0 Å². The molecule has 2 aliphatic carbocycles. The maximum absolute atomic E-state index is 11.1. The zero-order valence-corrected chi connectivity index (χ0v) is 11.2. The Balaban J connectivity index is 2.40. The summed E-state index contributed by atoms with van der Waals surface area (Å²) in [6.45, 7) is 10.6. The monoisotopic (exact) mass is 226 g/mol. The highest BCUT2D eigenvalue weighted by molar-refractivity contribution is 5.19. The molecule has 0 aliphatic heterocycles. The van der Waals surface area contributed by atoms with Crippen LogP contribution in [0.3, 0.4) is 0 Å². The highest BCUT2D eigenvalue weighted by atomic mass is 16.3. The van der Waals surface area contributed by atoms with Gasteiger partial charge >= 0.3 is 0 Å². The van der Waals surface area contributed by atoms with Crippen LogP contribution in [0.1, 0.15) is 53.9 Å². The van der Waals surface area contributed by atoms with Crippen LogP contribution < -0.4 is 0 Å². The van der Waals surface area contributed by atoms with Gasteiger partial charge in [0.05, 0.1) is 11.7 Å². The van der Waals surface area contributed by atoms with Gasteiger partial charge in [-0.2, -0.15) is 0 Å². The molecule has 94 valence electrons. The van der Waals surface area contributed by atoms with Crippen LogP contribution in [-0.2, 0) is 0 Å². The lowest BCUT2D eigenvalue weighted by Crippen LogP contribution is -2.54. The third kappa shape index (κ3) is 1.15. The Bertz CT molecular complexity index is 297. The number of rotatable bonds is 2. The molecule has 2 bridgehead atoms. The van der Waals surface area contributed by atoms with Crippen molar-refractivity contribution in [2.75, 3.05) is 0 Å². The van der Waals surface area contributed by atoms with Gasteiger partial charge < -0.3 is 10.2 Å². The molecule has 2 saturated carbocycles. The van der Waals surface area contributed by atoms with Crippen molar-refractivity contribution >= 4 is 0 Å². The van der Waals surface area contributed by atoms with Crippen LogP contribution in [0.5, 0.6) is 0 Å². The molecule has 0 aromatic rings. The van der Waals surface area contributed by atoms with E-state index in [0.717, 1.165) is 12.8 Å². The third-order valence-electron chi connectivity index (χ3n) is 6.43. The van der Waals surface area contributed by atoms with Gasteiger partial charge in [-0.15, -0.1) is 0 Å². The fraction of sp³-hybridized carbons (Fsp3) is 1.00. The van der Waals surface area contributed by atoms with Crippen LogP contribution in [0.15, 0.2) is 0 Å². The fourth-order valence-electron chi connectivity index (χ4n) is 4.42. The molecule has 2 rings (SSSR count). The summed E-state index contributed by atoms with van der Waals surface area (Å²) in [7, 11) is 0. The zero-order chi connectivity index (χ0) is 12.4. The molecule has 2 heteroatoms. The Kier molecular flexibility index (Phi) is 2.50. The van der Waals surface area contributed by atoms with Gasteiger partial charge in [0, 0.05) is 11.3 Å². The van der Waals surface area contributed by atoms with E-state index in [1.807, 2.05) is 6.92 Å². The van der Waals surface area contributed by atoms with Gasteiger partial charge in [0.25, 0.3) is 0 Å². The number of hydrogen-bond acceptors (Lipinski definition) is 2. The number of fused-ring (bicyclic) bond motifs is 2. The second-order valence-electron chi connectivity index (χ2n) is 6.95. The molecule has 0 aromatic heterocycles. The highest BCUT2D eigenvalue weighted by Crippen LogP contribution is 2.71. The van der Waals surface area contributed by atoms with E-state index < -0.39 is 11.7 Å². The summed E-state index contributed by atoms with van der Waals surface area (Å²) in [5, 5.41) is 20.9. The molecule has 0 spiro atoms. The first-order valence-electron chi connectivity index (χ1n) is 6.57. The first-order valence-corrected chi connectivity index (χ1v) is 6.57. The van der Waals surface area contributed by atoms with Gasteiger partial charge in [-0.25, -0.2) is 0 Å². The molecule has 2 fully saturated rings. The minimum Gasteiger partial charge on any atom is -0.393 e. The summed E-state index contributed by atoms with van der Waals surface area (Å²) < 4.78 is 0. The van der Waals surface area contributed by atoms with Crippen LogP contribution >= 0.6 is 0 Å². The Morgan fingerprint density at radius 1 is 1.19 bits per heavy atom. The number of aliphatic hydroxyl groups excluding tert-OH is 1. The van der Waals surface area contributed by atoms with Crippen LogP contribution in [0.2, 0.25) is 0 Å². The first kappa shape index (κ1) is 12.4. The average Bonchev–Trinajstić information content (AvgIpc) is 2.48. The zero-order valence-electron chi connectivity index (χ0n) is 11.2. The number of hydrogen-bond donors (Lipinski definition) is 2. The van der Waals surface area contributed by atoms with E-state index in [1.165, 1.54) is 6.42 Å². The summed E-state index contributed by atoms with van der Waals surface area (Å²) in [6.07, 6.45) is 2.76. The molecule has 16 heavy (non-hydrogen) atoms. The van der Waals surface area contributed by atoms with E-state index >= 15 is 0 Å². The Morgan fingerprint density at radius 2 is 1.75 bits per heavy atom. The summed E-state index contributed by atoms with van der Waals surface area (Å²) in [6, 6.07) is 0. The van der Waals surface area contributed by atoms with E-state index in [2.05, 4.69) is 20.8 Å². The van der Waals surface area contributed by atoms with Gasteiger partial charge in [-0.05, 0) is 37.5 Å². The predicted octanol–water partition coefficient (Wildman–Crippen LogP) is 2.58. The predicted molar refractivity (Wildman–Crippen MR) is 65.0 cm³/mol. The lowest BCUT2D eigenvalue weighted by Gasteiger charge is -2.49. The van der Waals surface area contributed by atoms with Crippen molar-refractivity contribution in [2.24, 2.45) is 22.7 Å². The third-order valence-corrected chi connectivity index (χ3v) is 6.43. The summed E-state index contributed by atoms with van der Waals surface area (Å²) in [4.78, 5) is 0. The van der Waals surface area contributed by atoms with Gasteiger partial charge in [0.15, 0.2) is 0 Å². The van der Waals surface area contributed by atoms with Crippen molar-refractivity contribution in [1.29, 1.82) is 0 Å². The minimum absolute atomic E-state index is 0.0397. The lowest BCUT2D eigenvalue weighted by molar-refractivity contribution is -0.149.